The maximum absolute atomic E-state index is 5.59. The van der Waals surface area contributed by atoms with Gasteiger partial charge in [0.15, 0.2) is 0 Å². The molecule has 0 aliphatic carbocycles. The van der Waals surface area contributed by atoms with Crippen molar-refractivity contribution in [3.05, 3.63) is 40.9 Å². The molecule has 1 unspecified atom stereocenters. The van der Waals surface area contributed by atoms with E-state index in [9.17, 15) is 0 Å². The first-order chi connectivity index (χ1) is 8.21. The highest BCUT2D eigenvalue weighted by Crippen LogP contribution is 2.20. The van der Waals surface area contributed by atoms with E-state index in [0.717, 1.165) is 17.7 Å². The molecule has 1 aromatic carbocycles. The average molecular weight is 254 g/mol. The van der Waals surface area contributed by atoms with Crippen LogP contribution in [0.15, 0.2) is 35.4 Å². The number of ether oxygens (including phenoxy) is 1. The minimum atomic E-state index is 0.411. The van der Waals surface area contributed by atoms with Crippen LogP contribution in [0.25, 0.3) is 0 Å². The second kappa shape index (κ2) is 7.36. The van der Waals surface area contributed by atoms with E-state index in [1.165, 1.54) is 5.56 Å². The lowest BCUT2D eigenvalue weighted by Gasteiger charge is -2.14. The minimum absolute atomic E-state index is 0.411. The Kier molecular flexibility index (Phi) is 6.09. The van der Waals surface area contributed by atoms with Crippen molar-refractivity contribution in [2.24, 2.45) is 0 Å². The summed E-state index contributed by atoms with van der Waals surface area (Å²) in [6.45, 7) is 4.64. The van der Waals surface area contributed by atoms with E-state index >= 15 is 0 Å². The Labute approximate surface area is 109 Å². The van der Waals surface area contributed by atoms with Gasteiger partial charge in [-0.25, -0.2) is 0 Å². The fourth-order valence-electron chi connectivity index (χ4n) is 1.63. The van der Waals surface area contributed by atoms with E-state index < -0.39 is 0 Å². The van der Waals surface area contributed by atoms with E-state index in [1.807, 2.05) is 26.1 Å². The molecule has 0 saturated heterocycles. The largest absolute Gasteiger partial charge is 0.489 e. The maximum atomic E-state index is 5.59. The van der Waals surface area contributed by atoms with E-state index in [0.29, 0.717) is 12.6 Å². The topological polar surface area (TPSA) is 21.3 Å². The third kappa shape index (κ3) is 4.41. The molecule has 1 atom stereocenters. The fraction of sp³-hybridized carbons (Fsp3) is 0.429. The lowest BCUT2D eigenvalue weighted by Crippen LogP contribution is -2.14. The van der Waals surface area contributed by atoms with Crippen LogP contribution in [-0.2, 0) is 0 Å². The number of hydrogen-bond acceptors (Lipinski definition) is 2. The van der Waals surface area contributed by atoms with Crippen molar-refractivity contribution in [3.8, 4) is 5.75 Å². The third-order valence-corrected chi connectivity index (χ3v) is 3.06. The summed E-state index contributed by atoms with van der Waals surface area (Å²) in [5.74, 6) is 0.873. The van der Waals surface area contributed by atoms with Crippen molar-refractivity contribution in [1.82, 2.24) is 5.32 Å². The number of halogens is 1. The van der Waals surface area contributed by atoms with E-state index in [2.05, 4.69) is 24.4 Å². The molecule has 0 aromatic heterocycles. The summed E-state index contributed by atoms with van der Waals surface area (Å²) in [6.07, 6.45) is 1.07. The van der Waals surface area contributed by atoms with Gasteiger partial charge >= 0.3 is 0 Å². The van der Waals surface area contributed by atoms with Gasteiger partial charge in [-0.3, -0.25) is 0 Å². The van der Waals surface area contributed by atoms with Crippen LogP contribution in [-0.4, -0.2) is 13.7 Å². The SMILES string of the molecule is CCC(NC)c1ccc(OC/C(C)=C/Cl)cc1. The molecule has 17 heavy (non-hydrogen) atoms. The van der Waals surface area contributed by atoms with Gasteiger partial charge in [0.05, 0.1) is 0 Å². The van der Waals surface area contributed by atoms with Gasteiger partial charge < -0.3 is 10.1 Å². The van der Waals surface area contributed by atoms with Gasteiger partial charge in [0.1, 0.15) is 12.4 Å². The monoisotopic (exact) mass is 253 g/mol. The molecular formula is C14H20ClNO. The smallest absolute Gasteiger partial charge is 0.119 e. The molecule has 0 heterocycles. The molecule has 94 valence electrons. The van der Waals surface area contributed by atoms with E-state index in [-0.39, 0.29) is 0 Å². The molecule has 0 bridgehead atoms. The zero-order chi connectivity index (χ0) is 12.7. The van der Waals surface area contributed by atoms with Gasteiger partial charge in [-0.15, -0.1) is 0 Å². The summed E-state index contributed by atoms with van der Waals surface area (Å²) in [7, 11) is 1.98. The zero-order valence-electron chi connectivity index (χ0n) is 10.7. The lowest BCUT2D eigenvalue weighted by molar-refractivity contribution is 0.352. The molecule has 0 radical (unpaired) electrons. The van der Waals surface area contributed by atoms with E-state index in [1.54, 1.807) is 5.54 Å². The molecule has 0 aliphatic rings. The first-order valence-electron chi connectivity index (χ1n) is 5.87. The van der Waals surface area contributed by atoms with E-state index in [4.69, 9.17) is 16.3 Å². The predicted molar refractivity (Wildman–Crippen MR) is 73.6 cm³/mol. The summed E-state index contributed by atoms with van der Waals surface area (Å²) in [5.41, 5.74) is 3.84. The fourth-order valence-corrected chi connectivity index (χ4v) is 1.69. The summed E-state index contributed by atoms with van der Waals surface area (Å²) < 4.78 is 5.59. The first-order valence-corrected chi connectivity index (χ1v) is 6.30. The highest BCUT2D eigenvalue weighted by atomic mass is 35.5. The Bertz CT molecular complexity index is 355. The van der Waals surface area contributed by atoms with Gasteiger partial charge in [-0.2, -0.15) is 0 Å². The first kappa shape index (κ1) is 14.1. The second-order valence-corrected chi connectivity index (χ2v) is 4.28. The maximum Gasteiger partial charge on any atom is 0.119 e. The van der Waals surface area contributed by atoms with Crippen LogP contribution in [0.4, 0.5) is 0 Å². The average Bonchev–Trinajstić information content (AvgIpc) is 2.38. The molecule has 0 aliphatic heterocycles. The number of benzene rings is 1. The summed E-state index contributed by atoms with van der Waals surface area (Å²) in [4.78, 5) is 0. The Morgan fingerprint density at radius 3 is 2.53 bits per heavy atom. The van der Waals surface area contributed by atoms with Gasteiger partial charge in [0.2, 0.25) is 0 Å². The van der Waals surface area contributed by atoms with Crippen LogP contribution in [0.1, 0.15) is 31.9 Å². The van der Waals surface area contributed by atoms with Gasteiger partial charge in [-0.05, 0) is 43.7 Å². The van der Waals surface area contributed by atoms with Crippen molar-refractivity contribution in [2.75, 3.05) is 13.7 Å². The molecule has 3 heteroatoms. The molecule has 0 fully saturated rings. The highest BCUT2D eigenvalue weighted by Gasteiger charge is 2.05. The van der Waals surface area contributed by atoms with Crippen LogP contribution >= 0.6 is 11.6 Å². The minimum Gasteiger partial charge on any atom is -0.489 e. The Hall–Kier alpha value is -0.990. The highest BCUT2D eigenvalue weighted by molar-refractivity contribution is 6.25. The molecule has 1 aromatic rings. The molecular weight excluding hydrogens is 234 g/mol. The van der Waals surface area contributed by atoms with Crippen molar-refractivity contribution < 1.29 is 4.74 Å². The number of nitrogens with one attached hydrogen (secondary N) is 1. The molecule has 0 saturated carbocycles. The number of rotatable bonds is 6. The van der Waals surface area contributed by atoms with Crippen LogP contribution in [0.5, 0.6) is 5.75 Å². The molecule has 0 spiro atoms. The van der Waals surface area contributed by atoms with Crippen molar-refractivity contribution in [3.63, 3.8) is 0 Å². The molecule has 1 rings (SSSR count). The molecule has 1 N–H and O–H groups in total. The van der Waals surface area contributed by atoms with Gasteiger partial charge in [-0.1, -0.05) is 30.7 Å². The Morgan fingerprint density at radius 2 is 2.06 bits per heavy atom. The van der Waals surface area contributed by atoms with Crippen LogP contribution in [0.2, 0.25) is 0 Å². The Balaban J connectivity index is 2.61. The van der Waals surface area contributed by atoms with Gasteiger partial charge in [0, 0.05) is 11.6 Å². The van der Waals surface area contributed by atoms with Crippen LogP contribution < -0.4 is 10.1 Å². The zero-order valence-corrected chi connectivity index (χ0v) is 11.4. The van der Waals surface area contributed by atoms with Crippen molar-refractivity contribution in [1.29, 1.82) is 0 Å². The Morgan fingerprint density at radius 1 is 1.41 bits per heavy atom. The van der Waals surface area contributed by atoms with Crippen LogP contribution in [0, 0.1) is 0 Å². The summed E-state index contributed by atoms with van der Waals surface area (Å²) >= 11 is 5.57. The second-order valence-electron chi connectivity index (χ2n) is 4.06. The number of hydrogen-bond donors (Lipinski definition) is 1. The summed E-state index contributed by atoms with van der Waals surface area (Å²) in [5, 5.41) is 3.28. The summed E-state index contributed by atoms with van der Waals surface area (Å²) in [6, 6.07) is 8.60. The molecule has 2 nitrogen and oxygen atoms in total. The van der Waals surface area contributed by atoms with Gasteiger partial charge in [0.25, 0.3) is 0 Å². The molecule has 0 amide bonds. The third-order valence-electron chi connectivity index (χ3n) is 2.69. The lowest BCUT2D eigenvalue weighted by atomic mass is 10.0. The van der Waals surface area contributed by atoms with Crippen LogP contribution in [0.3, 0.4) is 0 Å². The normalized spacial score (nSPS) is 13.5. The van der Waals surface area contributed by atoms with Crippen molar-refractivity contribution >= 4 is 11.6 Å². The predicted octanol–water partition coefficient (Wildman–Crippen LogP) is 3.88. The van der Waals surface area contributed by atoms with Crippen molar-refractivity contribution in [2.45, 2.75) is 26.3 Å². The standard InChI is InChI=1S/C14H20ClNO/c1-4-14(16-3)12-5-7-13(8-6-12)17-10-11(2)9-15/h5-9,14,16H,4,10H2,1-3H3/b11-9+. The quantitative estimate of drug-likeness (QED) is 0.831.